The van der Waals surface area contributed by atoms with Crippen molar-refractivity contribution in [2.24, 2.45) is 0 Å². The molecule has 5 nitrogen and oxygen atoms in total. The summed E-state index contributed by atoms with van der Waals surface area (Å²) in [5, 5.41) is 6.30. The minimum absolute atomic E-state index is 0.669. The van der Waals surface area contributed by atoms with Gasteiger partial charge in [-0.25, -0.2) is 4.98 Å². The maximum atomic E-state index is 4.36. The van der Waals surface area contributed by atoms with E-state index in [1.807, 2.05) is 20.0 Å². The van der Waals surface area contributed by atoms with Gasteiger partial charge in [-0.05, 0) is 26.8 Å². The van der Waals surface area contributed by atoms with Crippen molar-refractivity contribution in [3.63, 3.8) is 0 Å². The maximum Gasteiger partial charge on any atom is 0.224 e. The smallest absolute Gasteiger partial charge is 0.224 e. The summed E-state index contributed by atoms with van der Waals surface area (Å²) in [7, 11) is 4.02. The largest absolute Gasteiger partial charge is 0.369 e. The van der Waals surface area contributed by atoms with E-state index in [0.29, 0.717) is 5.95 Å². The van der Waals surface area contributed by atoms with E-state index in [4.69, 9.17) is 0 Å². The number of likely N-dealkylation sites (N-methyl/N-ethyl adjacent to an activating group) is 1. The number of hydrogen-bond acceptors (Lipinski definition) is 5. The average Bonchev–Trinajstić information content (AvgIpc) is 3.12. The lowest BCUT2D eigenvalue weighted by Crippen LogP contribution is -2.27. The van der Waals surface area contributed by atoms with Gasteiger partial charge in [-0.3, -0.25) is 0 Å². The molecule has 0 saturated heterocycles. The Balaban J connectivity index is 1.83. The van der Waals surface area contributed by atoms with Gasteiger partial charge in [0.2, 0.25) is 5.95 Å². The lowest BCUT2D eigenvalue weighted by atomic mass is 10.4. The first-order valence-corrected chi connectivity index (χ1v) is 6.16. The molecule has 1 aliphatic carbocycles. The van der Waals surface area contributed by atoms with Crippen molar-refractivity contribution in [3.05, 3.63) is 11.8 Å². The average molecular weight is 235 g/mol. The van der Waals surface area contributed by atoms with Crippen molar-refractivity contribution in [2.45, 2.75) is 25.8 Å². The Labute approximate surface area is 103 Å². The van der Waals surface area contributed by atoms with Crippen LogP contribution in [0.3, 0.4) is 0 Å². The predicted molar refractivity (Wildman–Crippen MR) is 70.5 cm³/mol. The second-order valence-electron chi connectivity index (χ2n) is 4.61. The Morgan fingerprint density at radius 3 is 2.82 bits per heavy atom. The first kappa shape index (κ1) is 12.1. The van der Waals surface area contributed by atoms with Gasteiger partial charge in [-0.15, -0.1) is 0 Å². The van der Waals surface area contributed by atoms with Crippen LogP contribution >= 0.6 is 0 Å². The predicted octanol–water partition coefficient (Wildman–Crippen LogP) is 1.33. The zero-order valence-electron chi connectivity index (χ0n) is 10.8. The molecule has 2 N–H and O–H groups in total. The molecular formula is C12H21N5. The topological polar surface area (TPSA) is 53.1 Å². The summed E-state index contributed by atoms with van der Waals surface area (Å²) < 4.78 is 0. The lowest BCUT2D eigenvalue weighted by molar-refractivity contribution is 0.337. The molecule has 1 aromatic rings. The molecular weight excluding hydrogens is 214 g/mol. The van der Waals surface area contributed by atoms with Crippen molar-refractivity contribution < 1.29 is 0 Å². The molecule has 1 heterocycles. The first-order chi connectivity index (χ1) is 8.19. The van der Waals surface area contributed by atoms with Crippen LogP contribution in [0.1, 0.15) is 18.5 Å². The Bertz CT molecular complexity index is 375. The van der Waals surface area contributed by atoms with Gasteiger partial charge in [0, 0.05) is 37.9 Å². The molecule has 0 aliphatic heterocycles. The van der Waals surface area contributed by atoms with E-state index in [9.17, 15) is 0 Å². The third-order valence-electron chi connectivity index (χ3n) is 3.02. The molecule has 94 valence electrons. The van der Waals surface area contributed by atoms with Crippen LogP contribution in [-0.4, -0.2) is 48.1 Å². The molecule has 1 fully saturated rings. The first-order valence-electron chi connectivity index (χ1n) is 6.16. The van der Waals surface area contributed by atoms with Gasteiger partial charge in [-0.1, -0.05) is 0 Å². The molecule has 1 aliphatic rings. The van der Waals surface area contributed by atoms with Gasteiger partial charge in [0.15, 0.2) is 0 Å². The van der Waals surface area contributed by atoms with E-state index in [-0.39, 0.29) is 0 Å². The second-order valence-corrected chi connectivity index (χ2v) is 4.61. The fourth-order valence-corrected chi connectivity index (χ4v) is 1.83. The molecule has 0 atom stereocenters. The van der Waals surface area contributed by atoms with Gasteiger partial charge >= 0.3 is 0 Å². The van der Waals surface area contributed by atoms with Crippen molar-refractivity contribution in [1.29, 1.82) is 0 Å². The number of nitrogens with zero attached hydrogens (tertiary/aromatic N) is 3. The van der Waals surface area contributed by atoms with Crippen LogP contribution in [0.4, 0.5) is 11.8 Å². The normalized spacial score (nSPS) is 15.1. The summed E-state index contributed by atoms with van der Waals surface area (Å²) in [6.45, 7) is 3.96. The lowest BCUT2D eigenvalue weighted by Gasteiger charge is -2.16. The molecule has 17 heavy (non-hydrogen) atoms. The standard InChI is InChI=1S/C12H21N5/c1-9-8-11(16-12(13-2)15-9)14-6-7-17(3)10-4-5-10/h8,10H,4-7H2,1-3H3,(H2,13,14,15,16). The van der Waals surface area contributed by atoms with Crippen molar-refractivity contribution in [3.8, 4) is 0 Å². The van der Waals surface area contributed by atoms with Gasteiger partial charge in [0.1, 0.15) is 5.82 Å². The summed E-state index contributed by atoms with van der Waals surface area (Å²) in [6, 6.07) is 2.79. The minimum Gasteiger partial charge on any atom is -0.369 e. The molecule has 0 bridgehead atoms. The van der Waals surface area contributed by atoms with Crippen LogP contribution in [0, 0.1) is 6.92 Å². The van der Waals surface area contributed by atoms with E-state index in [1.165, 1.54) is 12.8 Å². The minimum atomic E-state index is 0.669. The zero-order valence-corrected chi connectivity index (χ0v) is 10.8. The van der Waals surface area contributed by atoms with E-state index in [2.05, 4.69) is 32.5 Å². The summed E-state index contributed by atoms with van der Waals surface area (Å²) in [5.74, 6) is 1.56. The molecule has 0 amide bonds. The van der Waals surface area contributed by atoms with Crippen molar-refractivity contribution >= 4 is 11.8 Å². The van der Waals surface area contributed by atoms with Gasteiger partial charge in [-0.2, -0.15) is 4.98 Å². The third kappa shape index (κ3) is 3.56. The van der Waals surface area contributed by atoms with Crippen LogP contribution in [0.5, 0.6) is 0 Å². The Morgan fingerprint density at radius 2 is 2.18 bits per heavy atom. The van der Waals surface area contributed by atoms with E-state index in [0.717, 1.165) is 30.6 Å². The van der Waals surface area contributed by atoms with Gasteiger partial charge in [0.05, 0.1) is 0 Å². The van der Waals surface area contributed by atoms with Crippen molar-refractivity contribution in [1.82, 2.24) is 14.9 Å². The molecule has 5 heteroatoms. The Kier molecular flexibility index (Phi) is 3.78. The second kappa shape index (κ2) is 5.31. The number of nitrogens with one attached hydrogen (secondary N) is 2. The molecule has 0 aromatic carbocycles. The van der Waals surface area contributed by atoms with Crippen LogP contribution in [0.2, 0.25) is 0 Å². The zero-order chi connectivity index (χ0) is 12.3. The summed E-state index contributed by atoms with van der Waals surface area (Å²) >= 11 is 0. The highest BCUT2D eigenvalue weighted by atomic mass is 15.2. The fraction of sp³-hybridized carbons (Fsp3) is 0.667. The molecule has 1 aromatic heterocycles. The molecule has 1 saturated carbocycles. The SMILES string of the molecule is CNc1nc(C)cc(NCCN(C)C2CC2)n1. The van der Waals surface area contributed by atoms with E-state index >= 15 is 0 Å². The number of aryl methyl sites for hydroxylation is 1. The fourth-order valence-electron chi connectivity index (χ4n) is 1.83. The van der Waals surface area contributed by atoms with E-state index in [1.54, 1.807) is 0 Å². The van der Waals surface area contributed by atoms with Crippen LogP contribution in [0.25, 0.3) is 0 Å². The van der Waals surface area contributed by atoms with Crippen LogP contribution in [0.15, 0.2) is 6.07 Å². The number of anilines is 2. The molecule has 0 radical (unpaired) electrons. The molecule has 2 rings (SSSR count). The highest BCUT2D eigenvalue weighted by Gasteiger charge is 2.25. The highest BCUT2D eigenvalue weighted by Crippen LogP contribution is 2.24. The number of aromatic nitrogens is 2. The highest BCUT2D eigenvalue weighted by molar-refractivity contribution is 5.41. The Morgan fingerprint density at radius 1 is 1.41 bits per heavy atom. The summed E-state index contributed by atoms with van der Waals surface area (Å²) in [6.07, 6.45) is 2.71. The number of rotatable bonds is 6. The van der Waals surface area contributed by atoms with Gasteiger partial charge < -0.3 is 15.5 Å². The van der Waals surface area contributed by atoms with Gasteiger partial charge in [0.25, 0.3) is 0 Å². The summed E-state index contributed by atoms with van der Waals surface area (Å²) in [4.78, 5) is 11.0. The van der Waals surface area contributed by atoms with Crippen molar-refractivity contribution in [2.75, 3.05) is 37.8 Å². The van der Waals surface area contributed by atoms with E-state index < -0.39 is 0 Å². The maximum absolute atomic E-state index is 4.36. The quantitative estimate of drug-likeness (QED) is 0.779. The molecule has 0 spiro atoms. The Hall–Kier alpha value is -1.36. The third-order valence-corrected chi connectivity index (χ3v) is 3.02. The number of hydrogen-bond donors (Lipinski definition) is 2. The van der Waals surface area contributed by atoms with Crippen LogP contribution in [-0.2, 0) is 0 Å². The summed E-state index contributed by atoms with van der Waals surface area (Å²) in [5.41, 5.74) is 0.974. The van der Waals surface area contributed by atoms with Crippen LogP contribution < -0.4 is 10.6 Å². The monoisotopic (exact) mass is 235 g/mol. The molecule has 0 unspecified atom stereocenters.